The van der Waals surface area contributed by atoms with E-state index in [0.717, 1.165) is 61.3 Å². The summed E-state index contributed by atoms with van der Waals surface area (Å²) in [5, 5.41) is 9.55. The first kappa shape index (κ1) is 25.2. The maximum atomic E-state index is 11.6. The fourth-order valence-electron chi connectivity index (χ4n) is 4.41. The minimum absolute atomic E-state index is 0.108. The lowest BCUT2D eigenvalue weighted by atomic mass is 9.87. The molecule has 1 aromatic carbocycles. The summed E-state index contributed by atoms with van der Waals surface area (Å²) in [7, 11) is 1.64. The van der Waals surface area contributed by atoms with Gasteiger partial charge in [-0.05, 0) is 56.7 Å². The molecule has 0 radical (unpaired) electrons. The maximum Gasteiger partial charge on any atom is 0.335 e. The number of benzene rings is 1. The monoisotopic (exact) mass is 459 g/mol. The minimum atomic E-state index is -1.12. The number of hydrogen-bond acceptors (Lipinski definition) is 6. The van der Waals surface area contributed by atoms with Crippen molar-refractivity contribution in [3.8, 4) is 17.2 Å². The Morgan fingerprint density at radius 3 is 2.82 bits per heavy atom. The van der Waals surface area contributed by atoms with Gasteiger partial charge in [-0.15, -0.1) is 0 Å². The summed E-state index contributed by atoms with van der Waals surface area (Å²) in [5.41, 5.74) is 0.587. The number of oxazole rings is 1. The maximum absolute atomic E-state index is 11.6. The summed E-state index contributed by atoms with van der Waals surface area (Å²) < 4.78 is 23.5. The Morgan fingerprint density at radius 1 is 1.30 bits per heavy atom. The number of ether oxygens (including phenoxy) is 3. The Balaban J connectivity index is 1.58. The second-order valence-electron chi connectivity index (χ2n) is 9.04. The van der Waals surface area contributed by atoms with Crippen molar-refractivity contribution in [3.05, 3.63) is 35.7 Å². The summed E-state index contributed by atoms with van der Waals surface area (Å²) in [4.78, 5) is 16.3. The molecule has 1 N–H and O–H groups in total. The van der Waals surface area contributed by atoms with Gasteiger partial charge in [0.1, 0.15) is 17.2 Å². The van der Waals surface area contributed by atoms with Crippen LogP contribution in [0.5, 0.6) is 5.75 Å². The van der Waals surface area contributed by atoms with Crippen LogP contribution in [0.3, 0.4) is 0 Å². The molecule has 1 heterocycles. The smallest absolute Gasteiger partial charge is 0.335 e. The van der Waals surface area contributed by atoms with E-state index in [-0.39, 0.29) is 6.10 Å². The van der Waals surface area contributed by atoms with E-state index in [2.05, 4.69) is 0 Å². The van der Waals surface area contributed by atoms with E-state index < -0.39 is 11.6 Å². The molecule has 0 spiro atoms. The second kappa shape index (κ2) is 11.7. The van der Waals surface area contributed by atoms with Crippen LogP contribution in [0.25, 0.3) is 11.5 Å². The van der Waals surface area contributed by atoms with Crippen LogP contribution in [-0.4, -0.2) is 41.5 Å². The molecule has 1 fully saturated rings. The molecule has 1 unspecified atom stereocenters. The number of aliphatic carboxylic acids is 1. The quantitative estimate of drug-likeness (QED) is 0.439. The molecule has 1 aromatic heterocycles. The van der Waals surface area contributed by atoms with Crippen molar-refractivity contribution in [2.24, 2.45) is 5.92 Å². The van der Waals surface area contributed by atoms with Gasteiger partial charge < -0.3 is 23.7 Å². The van der Waals surface area contributed by atoms with Gasteiger partial charge in [-0.3, -0.25) is 0 Å². The number of methoxy groups -OCH3 is 1. The third-order valence-corrected chi connectivity index (χ3v) is 6.42. The van der Waals surface area contributed by atoms with Gasteiger partial charge in [0.2, 0.25) is 5.89 Å². The molecule has 0 aliphatic heterocycles. The van der Waals surface area contributed by atoms with Crippen LogP contribution in [0.15, 0.2) is 28.7 Å². The summed E-state index contributed by atoms with van der Waals surface area (Å²) in [5.74, 6) is 1.57. The number of aromatic nitrogens is 1. The van der Waals surface area contributed by atoms with Crippen LogP contribution in [0, 0.1) is 5.92 Å². The lowest BCUT2D eigenvalue weighted by molar-refractivity contribution is -0.167. The Morgan fingerprint density at radius 2 is 2.12 bits per heavy atom. The predicted octanol–water partition coefficient (Wildman–Crippen LogP) is 5.65. The highest BCUT2D eigenvalue weighted by Gasteiger charge is 2.35. The van der Waals surface area contributed by atoms with Crippen molar-refractivity contribution < 1.29 is 28.5 Å². The molecular weight excluding hydrogens is 422 g/mol. The SMILES string of the molecule is CCCC(C)(OC[C@@H]1CCC[C@H](OCc2nc(-c3cccc(OC)c3)oc2CC)C1)C(=O)O. The summed E-state index contributed by atoms with van der Waals surface area (Å²) in [6, 6.07) is 7.67. The third-order valence-electron chi connectivity index (χ3n) is 6.42. The van der Waals surface area contributed by atoms with E-state index in [1.165, 1.54) is 0 Å². The molecule has 3 atom stereocenters. The minimum Gasteiger partial charge on any atom is -0.497 e. The molecule has 7 heteroatoms. The molecule has 2 aromatic rings. The highest BCUT2D eigenvalue weighted by atomic mass is 16.5. The first-order chi connectivity index (χ1) is 15.9. The van der Waals surface area contributed by atoms with Gasteiger partial charge in [-0.2, -0.15) is 0 Å². The lowest BCUT2D eigenvalue weighted by Crippen LogP contribution is -2.40. The van der Waals surface area contributed by atoms with E-state index in [9.17, 15) is 9.90 Å². The highest BCUT2D eigenvalue weighted by Crippen LogP contribution is 2.31. The zero-order valence-corrected chi connectivity index (χ0v) is 20.3. The van der Waals surface area contributed by atoms with Crippen molar-refractivity contribution in [2.75, 3.05) is 13.7 Å². The predicted molar refractivity (Wildman–Crippen MR) is 125 cm³/mol. The van der Waals surface area contributed by atoms with Crippen molar-refractivity contribution in [1.29, 1.82) is 0 Å². The standard InChI is InChI=1S/C26H37NO6/c1-5-13-26(3,25(28)29)32-16-18-9-7-12-21(14-18)31-17-22-23(6-2)33-24(27-22)19-10-8-11-20(15-19)30-4/h8,10-11,15,18,21H,5-7,9,12-14,16-17H2,1-4H3,(H,28,29)/t18-,21+,26?/m1/s1. The fraction of sp³-hybridized carbons (Fsp3) is 0.615. The average Bonchev–Trinajstić information content (AvgIpc) is 3.25. The largest absolute Gasteiger partial charge is 0.497 e. The van der Waals surface area contributed by atoms with Crippen LogP contribution in [0.4, 0.5) is 0 Å². The van der Waals surface area contributed by atoms with Crippen molar-refractivity contribution in [2.45, 2.75) is 84.0 Å². The summed E-state index contributed by atoms with van der Waals surface area (Å²) in [6.07, 6.45) is 6.06. The molecule has 1 aliphatic carbocycles. The Bertz CT molecular complexity index is 910. The van der Waals surface area contributed by atoms with Gasteiger partial charge >= 0.3 is 5.97 Å². The number of rotatable bonds is 12. The molecule has 1 aliphatic rings. The normalized spacial score (nSPS) is 20.4. The third kappa shape index (κ3) is 6.58. The molecular formula is C26H37NO6. The second-order valence-corrected chi connectivity index (χ2v) is 9.04. The molecule has 0 bridgehead atoms. The van der Waals surface area contributed by atoms with E-state index in [1.54, 1.807) is 14.0 Å². The van der Waals surface area contributed by atoms with Crippen LogP contribution >= 0.6 is 0 Å². The molecule has 0 amide bonds. The van der Waals surface area contributed by atoms with Crippen LogP contribution < -0.4 is 4.74 Å². The molecule has 33 heavy (non-hydrogen) atoms. The zero-order valence-electron chi connectivity index (χ0n) is 20.3. The van der Waals surface area contributed by atoms with Gasteiger partial charge in [0, 0.05) is 12.0 Å². The van der Waals surface area contributed by atoms with Crippen molar-refractivity contribution in [3.63, 3.8) is 0 Å². The molecule has 3 rings (SSSR count). The summed E-state index contributed by atoms with van der Waals surface area (Å²) in [6.45, 7) is 6.54. The fourth-order valence-corrected chi connectivity index (χ4v) is 4.41. The Labute approximate surface area is 196 Å². The van der Waals surface area contributed by atoms with E-state index in [1.807, 2.05) is 38.1 Å². The van der Waals surface area contributed by atoms with Gasteiger partial charge in [0.05, 0.1) is 26.4 Å². The zero-order chi connectivity index (χ0) is 23.8. The summed E-state index contributed by atoms with van der Waals surface area (Å²) >= 11 is 0. The molecule has 1 saturated carbocycles. The highest BCUT2D eigenvalue weighted by molar-refractivity contribution is 5.76. The van der Waals surface area contributed by atoms with Crippen molar-refractivity contribution >= 4 is 5.97 Å². The Kier molecular flexibility index (Phi) is 8.92. The number of aryl methyl sites for hydroxylation is 1. The number of carboxylic acid groups (broad SMARTS) is 1. The van der Waals surface area contributed by atoms with Gasteiger partial charge in [-0.25, -0.2) is 9.78 Å². The average molecular weight is 460 g/mol. The van der Waals surface area contributed by atoms with Gasteiger partial charge in [-0.1, -0.05) is 32.8 Å². The first-order valence-electron chi connectivity index (χ1n) is 12.0. The van der Waals surface area contributed by atoms with E-state index in [0.29, 0.717) is 31.4 Å². The van der Waals surface area contributed by atoms with Crippen LogP contribution in [0.1, 0.15) is 70.8 Å². The van der Waals surface area contributed by atoms with Gasteiger partial charge in [0.15, 0.2) is 5.60 Å². The number of carboxylic acids is 1. The molecule has 182 valence electrons. The van der Waals surface area contributed by atoms with E-state index in [4.69, 9.17) is 23.6 Å². The first-order valence-corrected chi connectivity index (χ1v) is 12.0. The van der Waals surface area contributed by atoms with E-state index >= 15 is 0 Å². The topological polar surface area (TPSA) is 91.0 Å². The molecule has 0 saturated heterocycles. The number of nitrogens with zero attached hydrogens (tertiary/aromatic N) is 1. The van der Waals surface area contributed by atoms with Crippen molar-refractivity contribution in [1.82, 2.24) is 4.98 Å². The number of carbonyl (C=O) groups is 1. The van der Waals surface area contributed by atoms with Crippen LogP contribution in [-0.2, 0) is 27.3 Å². The Hall–Kier alpha value is -2.38. The van der Waals surface area contributed by atoms with Crippen LogP contribution in [0.2, 0.25) is 0 Å². The molecule has 7 nitrogen and oxygen atoms in total. The lowest BCUT2D eigenvalue weighted by Gasteiger charge is -2.32. The van der Waals surface area contributed by atoms with Gasteiger partial charge in [0.25, 0.3) is 0 Å². The number of hydrogen-bond donors (Lipinski definition) is 1.